The first-order chi connectivity index (χ1) is 11.7. The molecule has 0 radical (unpaired) electrons. The monoisotopic (exact) mass is 334 g/mol. The summed E-state index contributed by atoms with van der Waals surface area (Å²) in [5.74, 6) is 0.0970. The van der Waals surface area contributed by atoms with E-state index in [1.54, 1.807) is 4.90 Å². The molecule has 1 aromatic rings. The van der Waals surface area contributed by atoms with E-state index in [0.29, 0.717) is 31.9 Å². The molecule has 3 rings (SSSR count). The summed E-state index contributed by atoms with van der Waals surface area (Å²) >= 11 is 0. The van der Waals surface area contributed by atoms with Crippen molar-refractivity contribution in [2.24, 2.45) is 0 Å². The van der Waals surface area contributed by atoms with Crippen LogP contribution in [-0.4, -0.2) is 87.7 Å². The van der Waals surface area contributed by atoms with E-state index in [1.807, 2.05) is 11.9 Å². The highest BCUT2D eigenvalue weighted by atomic mass is 16.2. The molecular weight excluding hydrogens is 308 g/mol. The number of hydrogen-bond acceptors (Lipinski definition) is 5. The van der Waals surface area contributed by atoms with Crippen LogP contribution in [0.4, 0.5) is 0 Å². The van der Waals surface area contributed by atoms with Gasteiger partial charge in [-0.05, 0) is 32.9 Å². The maximum atomic E-state index is 12.9. The lowest BCUT2D eigenvalue weighted by Crippen LogP contribution is -2.48. The Morgan fingerprint density at radius 1 is 1.04 bits per heavy atom. The highest BCUT2D eigenvalue weighted by Gasteiger charge is 2.30. The zero-order valence-corrected chi connectivity index (χ0v) is 14.3. The summed E-state index contributed by atoms with van der Waals surface area (Å²) in [6, 6.07) is -0.00899. The molecule has 2 aliphatic heterocycles. The van der Waals surface area contributed by atoms with E-state index < -0.39 is 0 Å². The van der Waals surface area contributed by atoms with E-state index in [4.69, 9.17) is 0 Å². The Morgan fingerprint density at radius 2 is 1.83 bits per heavy atom. The van der Waals surface area contributed by atoms with Gasteiger partial charge in [0, 0.05) is 26.2 Å². The standard InChI is InChI=1S/C16H26N6O2/c1-20-7-4-2-3-6-14(20)16(24)22-9-5-8-21(10-11-22)15(23)13-12-17-19-18-13/h12,14H,2-11H2,1H3,(H,17,18,19). The van der Waals surface area contributed by atoms with Crippen LogP contribution in [0, 0.1) is 0 Å². The second-order valence-electron chi connectivity index (χ2n) is 6.67. The van der Waals surface area contributed by atoms with Crippen LogP contribution in [0.2, 0.25) is 0 Å². The molecule has 0 saturated carbocycles. The number of aromatic amines is 1. The van der Waals surface area contributed by atoms with E-state index in [-0.39, 0.29) is 17.9 Å². The lowest BCUT2D eigenvalue weighted by molar-refractivity contribution is -0.136. The lowest BCUT2D eigenvalue weighted by atomic mass is 10.1. The molecule has 1 aromatic heterocycles. The molecule has 8 nitrogen and oxygen atoms in total. The molecule has 8 heteroatoms. The molecule has 3 heterocycles. The largest absolute Gasteiger partial charge is 0.339 e. The van der Waals surface area contributed by atoms with Crippen LogP contribution in [0.3, 0.4) is 0 Å². The number of likely N-dealkylation sites (tertiary alicyclic amines) is 1. The summed E-state index contributed by atoms with van der Waals surface area (Å²) < 4.78 is 0. The van der Waals surface area contributed by atoms with E-state index in [2.05, 4.69) is 20.3 Å². The third-order valence-electron chi connectivity index (χ3n) is 5.03. The molecule has 0 bridgehead atoms. The van der Waals surface area contributed by atoms with Crippen LogP contribution in [0.5, 0.6) is 0 Å². The first-order valence-electron chi connectivity index (χ1n) is 8.81. The van der Waals surface area contributed by atoms with Gasteiger partial charge in [0.05, 0.1) is 12.2 Å². The number of H-pyrrole nitrogens is 1. The van der Waals surface area contributed by atoms with Crippen molar-refractivity contribution >= 4 is 11.8 Å². The fraction of sp³-hybridized carbons (Fsp3) is 0.750. The molecule has 0 aliphatic carbocycles. The number of hydrogen-bond donors (Lipinski definition) is 1. The predicted molar refractivity (Wildman–Crippen MR) is 88.4 cm³/mol. The molecular formula is C16H26N6O2. The summed E-state index contributed by atoms with van der Waals surface area (Å²) in [6.45, 7) is 3.49. The van der Waals surface area contributed by atoms with E-state index in [9.17, 15) is 9.59 Å². The molecule has 0 spiro atoms. The number of amides is 2. The van der Waals surface area contributed by atoms with Crippen molar-refractivity contribution in [3.63, 3.8) is 0 Å². The van der Waals surface area contributed by atoms with Gasteiger partial charge in [0.15, 0.2) is 5.69 Å². The maximum Gasteiger partial charge on any atom is 0.276 e. The molecule has 24 heavy (non-hydrogen) atoms. The summed E-state index contributed by atoms with van der Waals surface area (Å²) in [4.78, 5) is 31.2. The van der Waals surface area contributed by atoms with Gasteiger partial charge in [-0.3, -0.25) is 14.5 Å². The Labute approximate surface area is 142 Å². The van der Waals surface area contributed by atoms with Gasteiger partial charge in [-0.1, -0.05) is 12.8 Å². The normalized spacial score (nSPS) is 23.6. The Bertz CT molecular complexity index is 561. The highest BCUT2D eigenvalue weighted by Crippen LogP contribution is 2.18. The van der Waals surface area contributed by atoms with Gasteiger partial charge in [0.25, 0.3) is 5.91 Å². The number of nitrogens with zero attached hydrogens (tertiary/aromatic N) is 5. The first kappa shape index (κ1) is 16.9. The van der Waals surface area contributed by atoms with Gasteiger partial charge in [0.2, 0.25) is 5.91 Å². The fourth-order valence-electron chi connectivity index (χ4n) is 3.58. The zero-order valence-electron chi connectivity index (χ0n) is 14.3. The van der Waals surface area contributed by atoms with Crippen molar-refractivity contribution in [3.8, 4) is 0 Å². The van der Waals surface area contributed by atoms with Crippen LogP contribution in [0.15, 0.2) is 6.20 Å². The smallest absolute Gasteiger partial charge is 0.276 e. The van der Waals surface area contributed by atoms with Gasteiger partial charge >= 0.3 is 0 Å². The zero-order chi connectivity index (χ0) is 16.9. The number of carbonyl (C=O) groups excluding carboxylic acids is 2. The molecule has 0 aromatic carbocycles. The summed E-state index contributed by atoms with van der Waals surface area (Å²) in [7, 11) is 2.05. The fourth-order valence-corrected chi connectivity index (χ4v) is 3.58. The van der Waals surface area contributed by atoms with Crippen LogP contribution < -0.4 is 0 Å². The van der Waals surface area contributed by atoms with Gasteiger partial charge in [-0.25, -0.2) is 0 Å². The van der Waals surface area contributed by atoms with Crippen LogP contribution in [0.1, 0.15) is 42.6 Å². The van der Waals surface area contributed by atoms with Gasteiger partial charge < -0.3 is 9.80 Å². The molecule has 2 aliphatic rings. The summed E-state index contributed by atoms with van der Waals surface area (Å²) in [6.07, 6.45) is 6.66. The predicted octanol–water partition coefficient (Wildman–Crippen LogP) is 0.354. The number of likely N-dealkylation sites (N-methyl/N-ethyl adjacent to an activating group) is 1. The Kier molecular flexibility index (Phi) is 5.44. The summed E-state index contributed by atoms with van der Waals surface area (Å²) in [5.41, 5.74) is 0.332. The molecule has 2 fully saturated rings. The van der Waals surface area contributed by atoms with Crippen molar-refractivity contribution in [3.05, 3.63) is 11.9 Å². The molecule has 1 N–H and O–H groups in total. The van der Waals surface area contributed by atoms with Gasteiger partial charge in [-0.2, -0.15) is 15.4 Å². The number of nitrogens with one attached hydrogen (secondary N) is 1. The quantitative estimate of drug-likeness (QED) is 0.844. The Morgan fingerprint density at radius 3 is 2.62 bits per heavy atom. The Hall–Kier alpha value is -1.96. The maximum absolute atomic E-state index is 12.9. The number of rotatable bonds is 2. The number of carbonyl (C=O) groups is 2. The minimum absolute atomic E-state index is 0.00899. The third-order valence-corrected chi connectivity index (χ3v) is 5.03. The van der Waals surface area contributed by atoms with Crippen molar-refractivity contribution in [2.75, 3.05) is 39.8 Å². The van der Waals surface area contributed by atoms with Crippen LogP contribution >= 0.6 is 0 Å². The molecule has 2 amide bonds. The highest BCUT2D eigenvalue weighted by molar-refractivity contribution is 5.92. The Balaban J connectivity index is 1.60. The van der Waals surface area contributed by atoms with Crippen molar-refractivity contribution in [2.45, 2.75) is 38.1 Å². The molecule has 1 atom stereocenters. The van der Waals surface area contributed by atoms with E-state index >= 15 is 0 Å². The summed E-state index contributed by atoms with van der Waals surface area (Å²) in [5, 5.41) is 10.0. The van der Waals surface area contributed by atoms with Crippen LogP contribution in [0.25, 0.3) is 0 Å². The molecule has 132 valence electrons. The second kappa shape index (κ2) is 7.74. The average Bonchev–Trinajstić information content (AvgIpc) is 2.89. The second-order valence-corrected chi connectivity index (χ2v) is 6.67. The van der Waals surface area contributed by atoms with Crippen molar-refractivity contribution in [1.29, 1.82) is 0 Å². The molecule has 1 unspecified atom stereocenters. The number of aromatic nitrogens is 3. The minimum atomic E-state index is -0.121. The average molecular weight is 334 g/mol. The topological polar surface area (TPSA) is 85.4 Å². The minimum Gasteiger partial charge on any atom is -0.339 e. The molecule has 2 saturated heterocycles. The van der Waals surface area contributed by atoms with E-state index in [1.165, 1.54) is 19.0 Å². The lowest BCUT2D eigenvalue weighted by Gasteiger charge is -2.30. The van der Waals surface area contributed by atoms with Crippen molar-refractivity contribution in [1.82, 2.24) is 30.1 Å². The van der Waals surface area contributed by atoms with Crippen LogP contribution in [-0.2, 0) is 4.79 Å². The van der Waals surface area contributed by atoms with E-state index in [0.717, 1.165) is 25.8 Å². The first-order valence-corrected chi connectivity index (χ1v) is 8.81. The van der Waals surface area contributed by atoms with Gasteiger partial charge in [0.1, 0.15) is 0 Å². The van der Waals surface area contributed by atoms with Gasteiger partial charge in [-0.15, -0.1) is 0 Å². The third kappa shape index (κ3) is 3.75. The SMILES string of the molecule is CN1CCCCCC1C(=O)N1CCCN(C(=O)c2cn[nH]n2)CC1. The van der Waals surface area contributed by atoms with Crippen molar-refractivity contribution < 1.29 is 9.59 Å².